The number of hydrogen-bond donors (Lipinski definition) is 0. The van der Waals surface area contributed by atoms with E-state index in [4.69, 9.17) is 4.74 Å². The van der Waals surface area contributed by atoms with Crippen LogP contribution in [0.5, 0.6) is 5.75 Å². The van der Waals surface area contributed by atoms with E-state index >= 15 is 0 Å². The normalized spacial score (nSPS) is 16.2. The van der Waals surface area contributed by atoms with Crippen LogP contribution in [0.4, 0.5) is 13.2 Å². The SMILES string of the molecule is COc1ccnc(C(C2CC2)N2CCc3c(cc(Cn4ccnc4C)cc3-c3cn(C)nc3C(F)(F)F)C2=O)c1. The van der Waals surface area contributed by atoms with Gasteiger partial charge in [0.25, 0.3) is 5.91 Å². The molecular weight excluding hydrogens is 521 g/mol. The lowest BCUT2D eigenvalue weighted by Gasteiger charge is -2.36. The van der Waals surface area contributed by atoms with Crippen LogP contribution in [0, 0.1) is 12.8 Å². The number of benzene rings is 1. The van der Waals surface area contributed by atoms with Crippen molar-refractivity contribution in [3.8, 4) is 16.9 Å². The van der Waals surface area contributed by atoms with Crippen molar-refractivity contribution in [3.63, 3.8) is 0 Å². The van der Waals surface area contributed by atoms with E-state index in [-0.39, 0.29) is 23.4 Å². The first kappa shape index (κ1) is 26.1. The summed E-state index contributed by atoms with van der Waals surface area (Å²) >= 11 is 0. The lowest BCUT2D eigenvalue weighted by Crippen LogP contribution is -2.41. The summed E-state index contributed by atoms with van der Waals surface area (Å²) in [6.07, 6.45) is 4.29. The number of pyridine rings is 1. The topological polar surface area (TPSA) is 78.1 Å². The van der Waals surface area contributed by atoms with Crippen molar-refractivity contribution in [3.05, 3.63) is 83.0 Å². The molecule has 208 valence electrons. The lowest BCUT2D eigenvalue weighted by molar-refractivity contribution is -0.140. The lowest BCUT2D eigenvalue weighted by atomic mass is 9.87. The molecular formula is C29H29F3N6O2. The summed E-state index contributed by atoms with van der Waals surface area (Å²) < 4.78 is 50.6. The zero-order valence-corrected chi connectivity index (χ0v) is 22.4. The van der Waals surface area contributed by atoms with Gasteiger partial charge in [-0.3, -0.25) is 14.5 Å². The van der Waals surface area contributed by atoms with Gasteiger partial charge in [-0.25, -0.2) is 4.98 Å². The van der Waals surface area contributed by atoms with Gasteiger partial charge in [0.05, 0.1) is 18.8 Å². The van der Waals surface area contributed by atoms with Crippen molar-refractivity contribution in [2.45, 2.75) is 44.9 Å². The maximum Gasteiger partial charge on any atom is 0.435 e. The summed E-state index contributed by atoms with van der Waals surface area (Å²) in [7, 11) is 3.06. The molecule has 1 atom stereocenters. The molecule has 1 aliphatic carbocycles. The predicted molar refractivity (Wildman–Crippen MR) is 141 cm³/mol. The van der Waals surface area contributed by atoms with Crippen LogP contribution in [0.15, 0.2) is 49.1 Å². The quantitative estimate of drug-likeness (QED) is 0.316. The fraction of sp³-hybridized carbons (Fsp3) is 0.379. The highest BCUT2D eigenvalue weighted by Gasteiger charge is 2.43. The minimum absolute atomic E-state index is 0.0232. The summed E-state index contributed by atoms with van der Waals surface area (Å²) in [5, 5.41) is 3.74. The van der Waals surface area contributed by atoms with E-state index in [2.05, 4.69) is 15.1 Å². The Kier molecular flexibility index (Phi) is 6.39. The van der Waals surface area contributed by atoms with Gasteiger partial charge in [0, 0.05) is 62.1 Å². The number of ether oxygens (including phenoxy) is 1. The highest BCUT2D eigenvalue weighted by Crippen LogP contribution is 2.47. The summed E-state index contributed by atoms with van der Waals surface area (Å²) in [5.74, 6) is 1.50. The molecule has 4 heterocycles. The van der Waals surface area contributed by atoms with Crippen molar-refractivity contribution in [2.75, 3.05) is 13.7 Å². The van der Waals surface area contributed by atoms with E-state index in [1.807, 2.05) is 34.7 Å². The first-order valence-corrected chi connectivity index (χ1v) is 13.2. The molecule has 1 unspecified atom stereocenters. The molecule has 11 heteroatoms. The van der Waals surface area contributed by atoms with Crippen LogP contribution < -0.4 is 4.74 Å². The van der Waals surface area contributed by atoms with Crippen LogP contribution in [-0.4, -0.2) is 48.8 Å². The van der Waals surface area contributed by atoms with Gasteiger partial charge in [-0.1, -0.05) is 0 Å². The molecule has 0 bridgehead atoms. The molecule has 1 aliphatic heterocycles. The number of amides is 1. The second-order valence-electron chi connectivity index (χ2n) is 10.5. The number of fused-ring (bicyclic) bond motifs is 1. The molecule has 1 saturated carbocycles. The van der Waals surface area contributed by atoms with Crippen LogP contribution in [-0.2, 0) is 26.2 Å². The Labute approximate surface area is 229 Å². The van der Waals surface area contributed by atoms with Gasteiger partial charge >= 0.3 is 6.18 Å². The van der Waals surface area contributed by atoms with E-state index in [1.165, 1.54) is 17.9 Å². The van der Waals surface area contributed by atoms with Crippen molar-refractivity contribution >= 4 is 5.91 Å². The summed E-state index contributed by atoms with van der Waals surface area (Å²) in [4.78, 5) is 24.9. The van der Waals surface area contributed by atoms with Crippen LogP contribution in [0.2, 0.25) is 0 Å². The summed E-state index contributed by atoms with van der Waals surface area (Å²) in [6, 6.07) is 6.97. The van der Waals surface area contributed by atoms with Crippen molar-refractivity contribution in [1.29, 1.82) is 0 Å². The number of imidazole rings is 1. The van der Waals surface area contributed by atoms with Gasteiger partial charge in [0.15, 0.2) is 5.69 Å². The smallest absolute Gasteiger partial charge is 0.435 e. The Hall–Kier alpha value is -4.15. The van der Waals surface area contributed by atoms with Gasteiger partial charge in [-0.05, 0) is 67.0 Å². The third-order valence-corrected chi connectivity index (χ3v) is 7.76. The molecule has 0 saturated heterocycles. The number of carbonyl (C=O) groups excluding carboxylic acids is 1. The number of carbonyl (C=O) groups is 1. The van der Waals surface area contributed by atoms with Crippen molar-refractivity contribution < 1.29 is 22.7 Å². The number of methoxy groups -OCH3 is 1. The largest absolute Gasteiger partial charge is 0.497 e. The Bertz CT molecular complexity index is 1590. The number of nitrogens with zero attached hydrogens (tertiary/aromatic N) is 6. The second kappa shape index (κ2) is 9.79. The van der Waals surface area contributed by atoms with E-state index in [0.717, 1.165) is 24.4 Å². The molecule has 1 amide bonds. The van der Waals surface area contributed by atoms with Crippen LogP contribution in [0.3, 0.4) is 0 Å². The van der Waals surface area contributed by atoms with E-state index in [1.54, 1.807) is 31.6 Å². The molecule has 0 radical (unpaired) electrons. The fourth-order valence-corrected chi connectivity index (χ4v) is 5.72. The number of aryl methyl sites for hydroxylation is 2. The zero-order valence-electron chi connectivity index (χ0n) is 22.4. The molecule has 0 N–H and O–H groups in total. The van der Waals surface area contributed by atoms with Gasteiger partial charge in [-0.2, -0.15) is 18.3 Å². The maximum atomic E-state index is 14.2. The predicted octanol–water partition coefficient (Wildman–Crippen LogP) is 5.21. The minimum Gasteiger partial charge on any atom is -0.497 e. The average Bonchev–Trinajstić information content (AvgIpc) is 3.55. The van der Waals surface area contributed by atoms with Crippen LogP contribution in [0.1, 0.15) is 57.6 Å². The van der Waals surface area contributed by atoms with Gasteiger partial charge in [0.1, 0.15) is 11.6 Å². The third kappa shape index (κ3) is 4.73. The number of aromatic nitrogens is 5. The molecule has 1 aromatic carbocycles. The number of halogens is 3. The van der Waals surface area contributed by atoms with E-state index in [9.17, 15) is 18.0 Å². The fourth-order valence-electron chi connectivity index (χ4n) is 5.72. The summed E-state index contributed by atoms with van der Waals surface area (Å²) in [6.45, 7) is 2.60. The highest BCUT2D eigenvalue weighted by molar-refractivity contribution is 5.99. The van der Waals surface area contributed by atoms with Gasteiger partial charge in [-0.15, -0.1) is 0 Å². The molecule has 3 aromatic heterocycles. The molecule has 1 fully saturated rings. The molecule has 40 heavy (non-hydrogen) atoms. The summed E-state index contributed by atoms with van der Waals surface area (Å²) in [5.41, 5.74) is 1.91. The standard InChI is InChI=1S/C29H29F3N6O2/c1-17-33-9-11-37(17)15-18-12-22(24-16-36(2)35-27(24)29(30,31)32)21-7-10-38(28(39)23(21)13-18)26(19-4-5-19)25-14-20(40-3)6-8-34-25/h6,8-9,11-14,16,19,26H,4-5,7,10,15H2,1-3H3. The Morgan fingerprint density at radius 1 is 1.10 bits per heavy atom. The average molecular weight is 551 g/mol. The van der Waals surface area contributed by atoms with E-state index in [0.29, 0.717) is 47.5 Å². The van der Waals surface area contributed by atoms with Crippen LogP contribution in [0.25, 0.3) is 11.1 Å². The Morgan fingerprint density at radius 3 is 2.55 bits per heavy atom. The van der Waals surface area contributed by atoms with Gasteiger partial charge < -0.3 is 14.2 Å². The number of rotatable bonds is 7. The minimum atomic E-state index is -4.64. The molecule has 2 aliphatic rings. The molecule has 0 spiro atoms. The Balaban J connectivity index is 1.48. The molecule has 4 aromatic rings. The monoisotopic (exact) mass is 550 g/mol. The van der Waals surface area contributed by atoms with E-state index < -0.39 is 11.9 Å². The van der Waals surface area contributed by atoms with Crippen molar-refractivity contribution in [2.24, 2.45) is 13.0 Å². The first-order chi connectivity index (χ1) is 19.1. The second-order valence-corrected chi connectivity index (χ2v) is 10.5. The maximum absolute atomic E-state index is 14.2. The highest BCUT2D eigenvalue weighted by atomic mass is 19.4. The third-order valence-electron chi connectivity index (χ3n) is 7.76. The molecule has 6 rings (SSSR count). The Morgan fingerprint density at radius 2 is 1.88 bits per heavy atom. The van der Waals surface area contributed by atoms with Crippen molar-refractivity contribution in [1.82, 2.24) is 29.2 Å². The number of alkyl halides is 3. The van der Waals surface area contributed by atoms with Gasteiger partial charge in [0.2, 0.25) is 0 Å². The number of hydrogen-bond acceptors (Lipinski definition) is 5. The zero-order chi connectivity index (χ0) is 28.2. The molecule has 8 nitrogen and oxygen atoms in total. The van der Waals surface area contributed by atoms with Crippen LogP contribution >= 0.6 is 0 Å². The first-order valence-electron chi connectivity index (χ1n) is 13.2.